The van der Waals surface area contributed by atoms with Gasteiger partial charge in [0.2, 0.25) is 0 Å². The van der Waals surface area contributed by atoms with Crippen LogP contribution >= 0.6 is 11.3 Å². The van der Waals surface area contributed by atoms with E-state index in [1.54, 1.807) is 11.3 Å². The van der Waals surface area contributed by atoms with Crippen molar-refractivity contribution in [1.82, 2.24) is 5.32 Å². The molecule has 0 fully saturated rings. The van der Waals surface area contributed by atoms with Crippen LogP contribution in [0.25, 0.3) is 0 Å². The summed E-state index contributed by atoms with van der Waals surface area (Å²) in [4.78, 5) is 1.26. The van der Waals surface area contributed by atoms with Gasteiger partial charge in [-0.25, -0.2) is 0 Å². The maximum absolute atomic E-state index is 5.98. The molecular formula is C17H23NOS. The van der Waals surface area contributed by atoms with Gasteiger partial charge < -0.3 is 10.1 Å². The van der Waals surface area contributed by atoms with E-state index in [-0.39, 0.29) is 0 Å². The zero-order valence-corrected chi connectivity index (χ0v) is 13.5. The van der Waals surface area contributed by atoms with Crippen molar-refractivity contribution in [3.8, 4) is 5.75 Å². The average Bonchev–Trinajstić information content (AvgIpc) is 2.88. The van der Waals surface area contributed by atoms with Gasteiger partial charge in [-0.3, -0.25) is 0 Å². The number of hydrogen-bond donors (Lipinski definition) is 1. The summed E-state index contributed by atoms with van der Waals surface area (Å²) in [5.74, 6) is 1.02. The van der Waals surface area contributed by atoms with Gasteiger partial charge >= 0.3 is 0 Å². The SMILES string of the molecule is Cc1cc(CNC(C)C)cc(C)c1OCc1cccs1. The Morgan fingerprint density at radius 3 is 2.45 bits per heavy atom. The van der Waals surface area contributed by atoms with Gasteiger partial charge in [-0.1, -0.05) is 32.0 Å². The van der Waals surface area contributed by atoms with Gasteiger partial charge in [-0.15, -0.1) is 11.3 Å². The smallest absolute Gasteiger partial charge is 0.125 e. The summed E-state index contributed by atoms with van der Waals surface area (Å²) in [6, 6.07) is 9.10. The summed E-state index contributed by atoms with van der Waals surface area (Å²) in [5.41, 5.74) is 3.74. The third-order valence-electron chi connectivity index (χ3n) is 3.17. The van der Waals surface area contributed by atoms with Crippen LogP contribution in [0.3, 0.4) is 0 Å². The Bertz CT molecular complexity index is 523. The lowest BCUT2D eigenvalue weighted by Crippen LogP contribution is -2.21. The molecule has 0 aliphatic rings. The highest BCUT2D eigenvalue weighted by Gasteiger charge is 2.07. The van der Waals surface area contributed by atoms with Crippen LogP contribution in [0.1, 0.15) is 35.4 Å². The van der Waals surface area contributed by atoms with Gasteiger partial charge in [0.05, 0.1) is 0 Å². The first kappa shape index (κ1) is 15.1. The number of hydrogen-bond acceptors (Lipinski definition) is 3. The molecule has 0 bridgehead atoms. The fourth-order valence-electron chi connectivity index (χ4n) is 2.23. The molecule has 1 aromatic carbocycles. The van der Waals surface area contributed by atoms with E-state index in [9.17, 15) is 0 Å². The van der Waals surface area contributed by atoms with Crippen molar-refractivity contribution in [2.45, 2.75) is 46.9 Å². The molecule has 2 nitrogen and oxygen atoms in total. The maximum Gasteiger partial charge on any atom is 0.125 e. The van der Waals surface area contributed by atoms with Crippen molar-refractivity contribution in [2.24, 2.45) is 0 Å². The van der Waals surface area contributed by atoms with Crippen LogP contribution in [-0.4, -0.2) is 6.04 Å². The zero-order valence-electron chi connectivity index (χ0n) is 12.7. The Balaban J connectivity index is 2.06. The quantitative estimate of drug-likeness (QED) is 0.848. The van der Waals surface area contributed by atoms with E-state index < -0.39 is 0 Å². The molecule has 0 aliphatic carbocycles. The molecule has 0 amide bonds. The van der Waals surface area contributed by atoms with Gasteiger partial charge in [-0.2, -0.15) is 0 Å². The van der Waals surface area contributed by atoms with Crippen LogP contribution in [0.15, 0.2) is 29.6 Å². The molecule has 0 saturated carbocycles. The minimum atomic E-state index is 0.505. The Hall–Kier alpha value is -1.32. The molecule has 0 atom stereocenters. The summed E-state index contributed by atoms with van der Waals surface area (Å²) >= 11 is 1.73. The lowest BCUT2D eigenvalue weighted by atomic mass is 10.1. The fraction of sp³-hybridized carbons (Fsp3) is 0.412. The van der Waals surface area contributed by atoms with E-state index in [0.29, 0.717) is 12.6 Å². The number of thiophene rings is 1. The van der Waals surface area contributed by atoms with E-state index in [0.717, 1.165) is 12.3 Å². The fourth-order valence-corrected chi connectivity index (χ4v) is 2.85. The normalized spacial score (nSPS) is 11.1. The first-order valence-corrected chi connectivity index (χ1v) is 7.93. The summed E-state index contributed by atoms with van der Waals surface area (Å²) in [5, 5.41) is 5.53. The second-order valence-corrected chi connectivity index (χ2v) is 6.49. The molecule has 0 saturated heterocycles. The third kappa shape index (κ3) is 4.09. The largest absolute Gasteiger partial charge is 0.488 e. The third-order valence-corrected chi connectivity index (χ3v) is 4.02. The lowest BCUT2D eigenvalue weighted by Gasteiger charge is -2.15. The topological polar surface area (TPSA) is 21.3 Å². The first-order chi connectivity index (χ1) is 9.56. The monoisotopic (exact) mass is 289 g/mol. The van der Waals surface area contributed by atoms with E-state index >= 15 is 0 Å². The van der Waals surface area contributed by atoms with E-state index in [4.69, 9.17) is 4.74 Å². The molecule has 3 heteroatoms. The van der Waals surface area contributed by atoms with Crippen molar-refractivity contribution >= 4 is 11.3 Å². The van der Waals surface area contributed by atoms with E-state index in [2.05, 4.69) is 62.7 Å². The second-order valence-electron chi connectivity index (χ2n) is 5.46. The molecule has 1 N–H and O–H groups in total. The molecule has 2 rings (SSSR count). The molecule has 20 heavy (non-hydrogen) atoms. The van der Waals surface area contributed by atoms with Crippen LogP contribution in [0, 0.1) is 13.8 Å². The molecule has 2 aromatic rings. The molecule has 1 heterocycles. The maximum atomic E-state index is 5.98. The van der Waals surface area contributed by atoms with Gasteiger partial charge in [0.1, 0.15) is 12.4 Å². The van der Waals surface area contributed by atoms with Crippen LogP contribution in [0.4, 0.5) is 0 Å². The summed E-state index contributed by atoms with van der Waals surface area (Å²) < 4.78 is 5.98. The van der Waals surface area contributed by atoms with Crippen LogP contribution in [0.2, 0.25) is 0 Å². The number of benzene rings is 1. The van der Waals surface area contributed by atoms with Crippen LogP contribution < -0.4 is 10.1 Å². The van der Waals surface area contributed by atoms with Crippen molar-refractivity contribution in [3.63, 3.8) is 0 Å². The predicted molar refractivity (Wildman–Crippen MR) is 86.5 cm³/mol. The highest BCUT2D eigenvalue weighted by atomic mass is 32.1. The molecule has 0 aliphatic heterocycles. The molecule has 0 spiro atoms. The zero-order chi connectivity index (χ0) is 14.5. The predicted octanol–water partition coefficient (Wildman–Crippen LogP) is 4.44. The Morgan fingerprint density at radius 1 is 1.20 bits per heavy atom. The highest BCUT2D eigenvalue weighted by Crippen LogP contribution is 2.26. The van der Waals surface area contributed by atoms with Gasteiger partial charge in [0.25, 0.3) is 0 Å². The standard InChI is InChI=1S/C17H23NOS/c1-12(2)18-10-15-8-13(3)17(14(4)9-15)19-11-16-6-5-7-20-16/h5-9,12,18H,10-11H2,1-4H3. The molecule has 108 valence electrons. The molecular weight excluding hydrogens is 266 g/mol. The Labute approximate surface area is 125 Å². The molecule has 0 unspecified atom stereocenters. The van der Waals surface area contributed by atoms with Crippen molar-refractivity contribution < 1.29 is 4.74 Å². The van der Waals surface area contributed by atoms with Gasteiger partial charge in [-0.05, 0) is 42.0 Å². The summed E-state index contributed by atoms with van der Waals surface area (Å²) in [6.07, 6.45) is 0. The lowest BCUT2D eigenvalue weighted by molar-refractivity contribution is 0.305. The van der Waals surface area contributed by atoms with E-state index in [1.807, 2.05) is 0 Å². The summed E-state index contributed by atoms with van der Waals surface area (Å²) in [6.45, 7) is 10.1. The average molecular weight is 289 g/mol. The van der Waals surface area contributed by atoms with Crippen molar-refractivity contribution in [2.75, 3.05) is 0 Å². The molecule has 1 aromatic heterocycles. The van der Waals surface area contributed by atoms with E-state index in [1.165, 1.54) is 21.6 Å². The van der Waals surface area contributed by atoms with Crippen LogP contribution in [-0.2, 0) is 13.2 Å². The first-order valence-electron chi connectivity index (χ1n) is 7.05. The van der Waals surface area contributed by atoms with Gasteiger partial charge in [0.15, 0.2) is 0 Å². The Morgan fingerprint density at radius 2 is 1.90 bits per heavy atom. The van der Waals surface area contributed by atoms with Crippen molar-refractivity contribution in [1.29, 1.82) is 0 Å². The van der Waals surface area contributed by atoms with Gasteiger partial charge in [0, 0.05) is 17.5 Å². The number of ether oxygens (including phenoxy) is 1. The Kier molecular flexibility index (Phi) is 5.21. The molecule has 0 radical (unpaired) electrons. The minimum absolute atomic E-state index is 0.505. The number of aryl methyl sites for hydroxylation is 2. The second kappa shape index (κ2) is 6.91. The highest BCUT2D eigenvalue weighted by molar-refractivity contribution is 7.09. The minimum Gasteiger partial charge on any atom is -0.488 e. The number of nitrogens with one attached hydrogen (secondary N) is 1. The summed E-state index contributed by atoms with van der Waals surface area (Å²) in [7, 11) is 0. The van der Waals surface area contributed by atoms with Crippen molar-refractivity contribution in [3.05, 3.63) is 51.2 Å². The number of rotatable bonds is 6. The van der Waals surface area contributed by atoms with Crippen LogP contribution in [0.5, 0.6) is 5.75 Å².